The van der Waals surface area contributed by atoms with Gasteiger partial charge in [0.25, 0.3) is 0 Å². The van der Waals surface area contributed by atoms with Gasteiger partial charge in [0, 0.05) is 16.6 Å². The maximum atomic E-state index is 6.22. The molecule has 1 N–H and O–H groups in total. The second-order valence-electron chi connectivity index (χ2n) is 3.20. The molecule has 0 amide bonds. The normalized spacial score (nSPS) is 10.7. The van der Waals surface area contributed by atoms with E-state index < -0.39 is 0 Å². The van der Waals surface area contributed by atoms with Crippen molar-refractivity contribution in [3.8, 4) is 11.4 Å². The number of nitrogens with one attached hydrogen (secondary N) is 1. The summed E-state index contributed by atoms with van der Waals surface area (Å²) in [7, 11) is 0. The summed E-state index contributed by atoms with van der Waals surface area (Å²) in [6.07, 6.45) is 0. The largest absolute Gasteiger partial charge is 0.300 e. The van der Waals surface area contributed by atoms with E-state index in [4.69, 9.17) is 23.8 Å². The van der Waals surface area contributed by atoms with E-state index in [9.17, 15) is 0 Å². The van der Waals surface area contributed by atoms with Crippen molar-refractivity contribution in [2.45, 2.75) is 13.5 Å². The molecule has 0 aliphatic heterocycles. The number of rotatable bonds is 2. The number of hydrogen-bond donors (Lipinski definition) is 1. The van der Waals surface area contributed by atoms with Crippen LogP contribution in [0.5, 0.6) is 0 Å². The molecule has 0 bridgehead atoms. The van der Waals surface area contributed by atoms with Crippen LogP contribution in [0.1, 0.15) is 6.92 Å². The molecular weight excluding hydrogens is 310 g/mol. The summed E-state index contributed by atoms with van der Waals surface area (Å²) in [4.78, 5) is 0. The second kappa shape index (κ2) is 4.69. The van der Waals surface area contributed by atoms with Crippen LogP contribution in [0.4, 0.5) is 0 Å². The lowest BCUT2D eigenvalue weighted by Crippen LogP contribution is -1.98. The second-order valence-corrected chi connectivity index (χ2v) is 4.82. The Morgan fingerprint density at radius 1 is 1.56 bits per heavy atom. The van der Waals surface area contributed by atoms with Crippen LogP contribution in [-0.2, 0) is 6.54 Å². The average Bonchev–Trinajstić information content (AvgIpc) is 2.63. The van der Waals surface area contributed by atoms with Gasteiger partial charge >= 0.3 is 0 Å². The van der Waals surface area contributed by atoms with Gasteiger partial charge in [0.05, 0.1) is 5.02 Å². The van der Waals surface area contributed by atoms with E-state index in [1.165, 1.54) is 0 Å². The van der Waals surface area contributed by atoms with Crippen LogP contribution in [0.3, 0.4) is 0 Å². The molecule has 0 radical (unpaired) electrons. The number of halogens is 2. The molecule has 84 valence electrons. The minimum Gasteiger partial charge on any atom is -0.300 e. The summed E-state index contributed by atoms with van der Waals surface area (Å²) in [5.74, 6) is 0.763. The molecule has 16 heavy (non-hydrogen) atoms. The van der Waals surface area contributed by atoms with E-state index in [1.54, 1.807) is 0 Å². The zero-order chi connectivity index (χ0) is 11.7. The Kier molecular flexibility index (Phi) is 3.47. The zero-order valence-electron chi connectivity index (χ0n) is 8.50. The predicted octanol–water partition coefficient (Wildman–Crippen LogP) is 4.04. The van der Waals surface area contributed by atoms with Crippen LogP contribution in [0.2, 0.25) is 5.02 Å². The third-order valence-electron chi connectivity index (χ3n) is 2.27. The summed E-state index contributed by atoms with van der Waals surface area (Å²) in [5, 5.41) is 7.62. The van der Waals surface area contributed by atoms with E-state index in [0.29, 0.717) is 9.79 Å². The van der Waals surface area contributed by atoms with Crippen molar-refractivity contribution in [1.82, 2.24) is 14.8 Å². The Labute approximate surface area is 112 Å². The van der Waals surface area contributed by atoms with Gasteiger partial charge in [0.1, 0.15) is 0 Å². The molecule has 1 heterocycles. The maximum absolute atomic E-state index is 6.22. The fraction of sp³-hybridized carbons (Fsp3) is 0.200. The fourth-order valence-corrected chi connectivity index (χ4v) is 2.33. The zero-order valence-corrected chi connectivity index (χ0v) is 11.7. The topological polar surface area (TPSA) is 33.6 Å². The predicted molar refractivity (Wildman–Crippen MR) is 71.2 cm³/mol. The first-order valence-corrected chi connectivity index (χ1v) is 6.32. The molecule has 0 atom stereocenters. The van der Waals surface area contributed by atoms with Crippen LogP contribution < -0.4 is 0 Å². The number of aromatic amines is 1. The molecule has 2 rings (SSSR count). The molecule has 6 heteroatoms. The van der Waals surface area contributed by atoms with Gasteiger partial charge in [-0.3, -0.25) is 5.10 Å². The minimum absolute atomic E-state index is 0.605. The number of hydrogen-bond acceptors (Lipinski definition) is 2. The molecule has 0 aliphatic carbocycles. The smallest absolute Gasteiger partial charge is 0.195 e. The van der Waals surface area contributed by atoms with Gasteiger partial charge in [-0.25, -0.2) is 0 Å². The summed E-state index contributed by atoms with van der Waals surface area (Å²) in [6.45, 7) is 2.77. The van der Waals surface area contributed by atoms with E-state index >= 15 is 0 Å². The molecule has 0 spiro atoms. The number of aromatic nitrogens is 3. The lowest BCUT2D eigenvalue weighted by atomic mass is 10.2. The summed E-state index contributed by atoms with van der Waals surface area (Å²) >= 11 is 14.7. The van der Waals surface area contributed by atoms with Crippen LogP contribution in [0.25, 0.3) is 11.4 Å². The third-order valence-corrected chi connectivity index (χ3v) is 3.87. The molecule has 0 aliphatic rings. The van der Waals surface area contributed by atoms with Crippen LogP contribution in [0, 0.1) is 4.77 Å². The van der Waals surface area contributed by atoms with E-state index in [-0.39, 0.29) is 0 Å². The van der Waals surface area contributed by atoms with Gasteiger partial charge in [-0.1, -0.05) is 17.7 Å². The van der Waals surface area contributed by atoms with Crippen molar-refractivity contribution in [1.29, 1.82) is 0 Å². The number of nitrogens with zero attached hydrogens (tertiary/aromatic N) is 2. The molecule has 0 fully saturated rings. The Morgan fingerprint density at radius 2 is 2.31 bits per heavy atom. The Morgan fingerprint density at radius 3 is 3.00 bits per heavy atom. The van der Waals surface area contributed by atoms with Gasteiger partial charge < -0.3 is 4.57 Å². The highest BCUT2D eigenvalue weighted by Crippen LogP contribution is 2.32. The SMILES string of the molecule is CCn1c(-c2cccc(Br)c2Cl)n[nH]c1=S. The molecular formula is C10H9BrClN3S. The first-order chi connectivity index (χ1) is 7.65. The Hall–Kier alpha value is -0.650. The van der Waals surface area contributed by atoms with Gasteiger partial charge in [-0.2, -0.15) is 5.10 Å². The lowest BCUT2D eigenvalue weighted by Gasteiger charge is -2.06. The molecule has 3 nitrogen and oxygen atoms in total. The van der Waals surface area contributed by atoms with Crippen LogP contribution in [0.15, 0.2) is 22.7 Å². The fourth-order valence-electron chi connectivity index (χ4n) is 1.49. The summed E-state index contributed by atoms with van der Waals surface area (Å²) < 4.78 is 3.36. The molecule has 1 aromatic carbocycles. The van der Waals surface area contributed by atoms with Gasteiger partial charge in [0.2, 0.25) is 0 Å². The molecule has 0 saturated carbocycles. The van der Waals surface area contributed by atoms with Crippen LogP contribution in [-0.4, -0.2) is 14.8 Å². The molecule has 2 aromatic rings. The van der Waals surface area contributed by atoms with Crippen molar-refractivity contribution in [3.63, 3.8) is 0 Å². The third kappa shape index (κ3) is 1.95. The summed E-state index contributed by atoms with van der Waals surface area (Å²) in [6, 6.07) is 5.73. The minimum atomic E-state index is 0.605. The highest BCUT2D eigenvalue weighted by molar-refractivity contribution is 9.10. The lowest BCUT2D eigenvalue weighted by molar-refractivity contribution is 0.755. The van der Waals surface area contributed by atoms with Crippen LogP contribution >= 0.6 is 39.7 Å². The number of H-pyrrole nitrogens is 1. The van der Waals surface area contributed by atoms with E-state index in [1.807, 2.05) is 29.7 Å². The highest BCUT2D eigenvalue weighted by Gasteiger charge is 2.12. The van der Waals surface area contributed by atoms with Crippen molar-refractivity contribution < 1.29 is 0 Å². The molecule has 0 unspecified atom stereocenters. The Balaban J connectivity index is 2.68. The monoisotopic (exact) mass is 317 g/mol. The number of benzene rings is 1. The maximum Gasteiger partial charge on any atom is 0.195 e. The van der Waals surface area contributed by atoms with E-state index in [0.717, 1.165) is 22.4 Å². The average molecular weight is 319 g/mol. The van der Waals surface area contributed by atoms with Gasteiger partial charge in [-0.05, 0) is 47.2 Å². The van der Waals surface area contributed by atoms with Crippen molar-refractivity contribution >= 4 is 39.7 Å². The summed E-state index contributed by atoms with van der Waals surface area (Å²) in [5.41, 5.74) is 0.866. The van der Waals surface area contributed by atoms with Crippen molar-refractivity contribution in [2.75, 3.05) is 0 Å². The van der Waals surface area contributed by atoms with Gasteiger partial charge in [-0.15, -0.1) is 0 Å². The first-order valence-electron chi connectivity index (χ1n) is 4.74. The molecule has 0 saturated heterocycles. The van der Waals surface area contributed by atoms with E-state index in [2.05, 4.69) is 26.1 Å². The van der Waals surface area contributed by atoms with Gasteiger partial charge in [0.15, 0.2) is 10.6 Å². The van der Waals surface area contributed by atoms with Crippen molar-refractivity contribution in [2.24, 2.45) is 0 Å². The molecule has 1 aromatic heterocycles. The van der Waals surface area contributed by atoms with Crippen molar-refractivity contribution in [3.05, 3.63) is 32.5 Å². The Bertz CT molecular complexity index is 576. The highest BCUT2D eigenvalue weighted by atomic mass is 79.9. The first kappa shape index (κ1) is 11.8. The quantitative estimate of drug-likeness (QED) is 0.848. The standard InChI is InChI=1S/C10H9BrClN3S/c1-2-15-9(13-14-10(15)16)6-4-3-5-7(11)8(6)12/h3-5H,2H2,1H3,(H,14,16).